The van der Waals surface area contributed by atoms with Crippen LogP contribution < -0.4 is 0 Å². The zero-order valence-corrected chi connectivity index (χ0v) is 26.7. The Morgan fingerprint density at radius 2 is 0.974 bits per heavy atom. The maximum Gasteiger partial charge on any atom is 0.0443 e. The van der Waals surface area contributed by atoms with Crippen LogP contribution >= 0.6 is 45.3 Å². The SMILES string of the molecule is CCCCC(CC)Cc1ccsc1-c1c2ccsc2c(-c2sccc2CC(CC)CCCC)c2ccsc12. The quantitative estimate of drug-likeness (QED) is 0.123. The molecule has 0 bridgehead atoms. The summed E-state index contributed by atoms with van der Waals surface area (Å²) in [5.41, 5.74) is 6.12. The number of hydrogen-bond acceptors (Lipinski definition) is 4. The minimum Gasteiger partial charge on any atom is -0.143 e. The molecule has 4 heterocycles. The second-order valence-corrected chi connectivity index (χ2v) is 14.5. The van der Waals surface area contributed by atoms with E-state index < -0.39 is 0 Å². The first kappa shape index (κ1) is 28.1. The highest BCUT2D eigenvalue weighted by Gasteiger charge is 2.24. The number of fused-ring (bicyclic) bond motifs is 2. The molecule has 0 aliphatic rings. The molecule has 4 heteroatoms. The van der Waals surface area contributed by atoms with Gasteiger partial charge in [-0.25, -0.2) is 0 Å². The van der Waals surface area contributed by atoms with Crippen molar-refractivity contribution < 1.29 is 0 Å². The van der Waals surface area contributed by atoms with Crippen LogP contribution in [0.2, 0.25) is 0 Å². The van der Waals surface area contributed by atoms with Gasteiger partial charge in [-0.3, -0.25) is 0 Å². The lowest BCUT2D eigenvalue weighted by Crippen LogP contribution is -2.04. The standard InChI is InChI=1S/C34H42S4/c1-5-9-11-23(7-3)21-25-13-17-35-31(25)29-27-15-19-38-34(27)30(28-16-20-37-33(28)29)32-26(14-18-36-32)22-24(8-4)12-10-6-2/h13-20,23-24H,5-12,21-22H2,1-4H3. The van der Waals surface area contributed by atoms with Crippen LogP contribution in [-0.4, -0.2) is 0 Å². The monoisotopic (exact) mass is 578 g/mol. The fraction of sp³-hybridized carbons (Fsp3) is 0.471. The molecule has 0 radical (unpaired) electrons. The molecule has 2 unspecified atom stereocenters. The summed E-state index contributed by atoms with van der Waals surface area (Å²) in [7, 11) is 0. The van der Waals surface area contributed by atoms with Gasteiger partial charge in [-0.05, 0) is 81.6 Å². The van der Waals surface area contributed by atoms with Crippen LogP contribution in [0.4, 0.5) is 0 Å². The Morgan fingerprint density at radius 1 is 0.553 bits per heavy atom. The van der Waals surface area contributed by atoms with E-state index in [4.69, 9.17) is 0 Å². The summed E-state index contributed by atoms with van der Waals surface area (Å²) < 4.78 is 2.96. The lowest BCUT2D eigenvalue weighted by atomic mass is 9.89. The normalized spacial score (nSPS) is 13.6. The van der Waals surface area contributed by atoms with Crippen molar-refractivity contribution in [2.24, 2.45) is 11.8 Å². The maximum atomic E-state index is 2.42. The molecule has 0 amide bonds. The van der Waals surface area contributed by atoms with Crippen molar-refractivity contribution in [3.8, 4) is 20.9 Å². The van der Waals surface area contributed by atoms with Crippen molar-refractivity contribution in [2.45, 2.75) is 91.9 Å². The number of unbranched alkanes of at least 4 members (excludes halogenated alkanes) is 2. The van der Waals surface area contributed by atoms with Crippen LogP contribution in [-0.2, 0) is 12.8 Å². The van der Waals surface area contributed by atoms with E-state index in [0.717, 1.165) is 11.8 Å². The summed E-state index contributed by atoms with van der Waals surface area (Å²) in [6, 6.07) is 9.63. The van der Waals surface area contributed by atoms with Crippen molar-refractivity contribution >= 4 is 65.5 Å². The van der Waals surface area contributed by atoms with Gasteiger partial charge >= 0.3 is 0 Å². The van der Waals surface area contributed by atoms with Crippen molar-refractivity contribution in [1.82, 2.24) is 0 Å². The molecule has 0 spiro atoms. The van der Waals surface area contributed by atoms with E-state index in [1.165, 1.54) is 105 Å². The van der Waals surface area contributed by atoms with E-state index in [1.807, 2.05) is 45.3 Å². The third-order valence-electron chi connectivity index (χ3n) is 8.37. The molecule has 0 saturated carbocycles. The summed E-state index contributed by atoms with van der Waals surface area (Å²) in [6.45, 7) is 9.38. The molecule has 0 aliphatic carbocycles. The van der Waals surface area contributed by atoms with Crippen molar-refractivity contribution in [1.29, 1.82) is 0 Å². The average Bonchev–Trinajstić information content (AvgIpc) is 3.75. The lowest BCUT2D eigenvalue weighted by Gasteiger charge is -2.17. The highest BCUT2D eigenvalue weighted by Crippen LogP contribution is 2.51. The van der Waals surface area contributed by atoms with Gasteiger partial charge in [0.1, 0.15) is 0 Å². The molecule has 0 N–H and O–H groups in total. The first-order chi connectivity index (χ1) is 18.7. The van der Waals surface area contributed by atoms with Gasteiger partial charge < -0.3 is 0 Å². The van der Waals surface area contributed by atoms with Crippen LogP contribution in [0.15, 0.2) is 45.8 Å². The Morgan fingerprint density at radius 3 is 1.37 bits per heavy atom. The van der Waals surface area contributed by atoms with Gasteiger partial charge in [0.2, 0.25) is 0 Å². The molecule has 1 aromatic carbocycles. The van der Waals surface area contributed by atoms with Crippen LogP contribution in [0.25, 0.3) is 41.1 Å². The molecule has 0 nitrogen and oxygen atoms in total. The number of benzene rings is 1. The predicted octanol–water partition coefficient (Wildman–Crippen LogP) is 13.1. The molecule has 38 heavy (non-hydrogen) atoms. The van der Waals surface area contributed by atoms with E-state index in [2.05, 4.69) is 73.5 Å². The molecule has 0 saturated heterocycles. The van der Waals surface area contributed by atoms with E-state index in [-0.39, 0.29) is 0 Å². The van der Waals surface area contributed by atoms with Gasteiger partial charge in [0.25, 0.3) is 0 Å². The molecule has 0 aliphatic heterocycles. The van der Waals surface area contributed by atoms with Gasteiger partial charge in [-0.2, -0.15) is 0 Å². The van der Waals surface area contributed by atoms with Gasteiger partial charge in [-0.15, -0.1) is 45.3 Å². The van der Waals surface area contributed by atoms with Crippen molar-refractivity contribution in [3.05, 3.63) is 56.9 Å². The Bertz CT molecular complexity index is 1280. The number of hydrogen-bond donors (Lipinski definition) is 0. The summed E-state index contributed by atoms with van der Waals surface area (Å²) in [4.78, 5) is 3.03. The smallest absolute Gasteiger partial charge is 0.0443 e. The summed E-state index contributed by atoms with van der Waals surface area (Å²) in [5, 5.41) is 12.2. The summed E-state index contributed by atoms with van der Waals surface area (Å²) in [5.74, 6) is 1.57. The Hall–Kier alpha value is -1.46. The zero-order chi connectivity index (χ0) is 26.5. The van der Waals surface area contributed by atoms with Crippen LogP contribution in [0.5, 0.6) is 0 Å². The van der Waals surface area contributed by atoms with Crippen molar-refractivity contribution in [3.63, 3.8) is 0 Å². The van der Waals surface area contributed by atoms with Gasteiger partial charge in [0.05, 0.1) is 0 Å². The first-order valence-electron chi connectivity index (χ1n) is 14.7. The van der Waals surface area contributed by atoms with Gasteiger partial charge in [-0.1, -0.05) is 79.1 Å². The second kappa shape index (κ2) is 13.3. The molecule has 4 aromatic heterocycles. The predicted molar refractivity (Wildman–Crippen MR) is 178 cm³/mol. The van der Waals surface area contributed by atoms with E-state index in [1.54, 1.807) is 11.1 Å². The maximum absolute atomic E-state index is 2.42. The number of thiophene rings is 4. The van der Waals surface area contributed by atoms with E-state index in [9.17, 15) is 0 Å². The zero-order valence-electron chi connectivity index (χ0n) is 23.5. The largest absolute Gasteiger partial charge is 0.143 e. The molecule has 0 fully saturated rings. The molecular formula is C34H42S4. The minimum atomic E-state index is 0.785. The number of rotatable bonds is 14. The van der Waals surface area contributed by atoms with Gasteiger partial charge in [0.15, 0.2) is 0 Å². The molecular weight excluding hydrogens is 537 g/mol. The van der Waals surface area contributed by atoms with Crippen LogP contribution in [0.1, 0.15) is 90.2 Å². The first-order valence-corrected chi connectivity index (χ1v) is 18.3. The second-order valence-electron chi connectivity index (χ2n) is 10.9. The van der Waals surface area contributed by atoms with Crippen LogP contribution in [0, 0.1) is 11.8 Å². The van der Waals surface area contributed by atoms with E-state index in [0.29, 0.717) is 0 Å². The Labute approximate surface area is 245 Å². The highest BCUT2D eigenvalue weighted by molar-refractivity contribution is 7.22. The molecule has 5 rings (SSSR count). The third kappa shape index (κ3) is 5.70. The average molecular weight is 579 g/mol. The minimum absolute atomic E-state index is 0.785. The van der Waals surface area contributed by atoms with Gasteiger partial charge in [0, 0.05) is 41.1 Å². The Kier molecular flexibility index (Phi) is 9.80. The van der Waals surface area contributed by atoms with E-state index >= 15 is 0 Å². The van der Waals surface area contributed by atoms with Crippen LogP contribution in [0.3, 0.4) is 0 Å². The molecule has 202 valence electrons. The topological polar surface area (TPSA) is 0 Å². The molecule has 2 atom stereocenters. The summed E-state index contributed by atoms with van der Waals surface area (Å²) >= 11 is 7.79. The lowest BCUT2D eigenvalue weighted by molar-refractivity contribution is 0.450. The Balaban J connectivity index is 1.60. The van der Waals surface area contributed by atoms with Crippen molar-refractivity contribution in [2.75, 3.05) is 0 Å². The highest BCUT2D eigenvalue weighted by atomic mass is 32.1. The molecule has 5 aromatic rings. The fourth-order valence-electron chi connectivity index (χ4n) is 6.04. The summed E-state index contributed by atoms with van der Waals surface area (Å²) in [6.07, 6.45) is 12.9. The fourth-order valence-corrected chi connectivity index (χ4v) is 10.1. The third-order valence-corrected chi connectivity index (χ3v) is 12.2.